The van der Waals surface area contributed by atoms with Crippen LogP contribution in [0.15, 0.2) is 18.2 Å². The number of hydrogen-bond donors (Lipinski definition) is 5. The lowest BCUT2D eigenvalue weighted by atomic mass is 9.95. The van der Waals surface area contributed by atoms with Crippen molar-refractivity contribution in [2.75, 3.05) is 13.2 Å². The molecule has 5 N–H and O–H groups in total. The second kappa shape index (κ2) is 6.04. The van der Waals surface area contributed by atoms with Crippen LogP contribution in [-0.2, 0) is 0 Å². The molecule has 1 unspecified atom stereocenters. The Kier molecular flexibility index (Phi) is 4.95. The minimum absolute atomic E-state index is 0.00507. The van der Waals surface area contributed by atoms with Crippen LogP contribution in [0.5, 0.6) is 11.5 Å². The van der Waals surface area contributed by atoms with Crippen LogP contribution in [0.1, 0.15) is 31.9 Å². The van der Waals surface area contributed by atoms with E-state index >= 15 is 0 Å². The fraction of sp³-hybridized carbons (Fsp3) is 0.538. The molecule has 1 atom stereocenters. The molecule has 0 heterocycles. The van der Waals surface area contributed by atoms with E-state index < -0.39 is 5.54 Å². The maximum Gasteiger partial charge on any atom is 0.124 e. The van der Waals surface area contributed by atoms with E-state index in [2.05, 4.69) is 5.32 Å². The van der Waals surface area contributed by atoms with E-state index in [9.17, 15) is 20.4 Å². The molecule has 1 aromatic rings. The highest BCUT2D eigenvalue weighted by atomic mass is 16.3. The predicted octanol–water partition coefficient (Wildman–Crippen LogP) is 0.882. The Morgan fingerprint density at radius 1 is 1.22 bits per heavy atom. The number of benzene rings is 1. The normalized spacial score (nSPS) is 13.6. The molecule has 0 amide bonds. The maximum absolute atomic E-state index is 9.75. The second-order valence-electron chi connectivity index (χ2n) is 4.56. The molecule has 0 fully saturated rings. The zero-order chi connectivity index (χ0) is 13.8. The Bertz CT molecular complexity index is 382. The number of rotatable bonds is 6. The van der Waals surface area contributed by atoms with Gasteiger partial charge < -0.3 is 25.7 Å². The van der Waals surface area contributed by atoms with Gasteiger partial charge in [-0.3, -0.25) is 0 Å². The smallest absolute Gasteiger partial charge is 0.124 e. The standard InChI is InChI=1S/C13H21NO4/c1-3-13(7-15,8-16)14-9(2)11-5-4-10(17)6-12(11)18/h4-6,9,14-18H,3,7-8H2,1-2H3. The number of aromatic hydroxyl groups is 2. The lowest BCUT2D eigenvalue weighted by Gasteiger charge is -2.33. The summed E-state index contributed by atoms with van der Waals surface area (Å²) in [5.74, 6) is -0.0228. The average molecular weight is 255 g/mol. The third-order valence-corrected chi connectivity index (χ3v) is 3.29. The summed E-state index contributed by atoms with van der Waals surface area (Å²) in [7, 11) is 0. The van der Waals surface area contributed by atoms with Crippen molar-refractivity contribution < 1.29 is 20.4 Å². The third-order valence-electron chi connectivity index (χ3n) is 3.29. The van der Waals surface area contributed by atoms with Gasteiger partial charge in [-0.2, -0.15) is 0 Å². The molecule has 5 heteroatoms. The monoisotopic (exact) mass is 255 g/mol. The number of nitrogens with one attached hydrogen (secondary N) is 1. The van der Waals surface area contributed by atoms with Gasteiger partial charge in [-0.25, -0.2) is 0 Å². The van der Waals surface area contributed by atoms with Crippen LogP contribution >= 0.6 is 0 Å². The first kappa shape index (κ1) is 14.8. The van der Waals surface area contributed by atoms with Crippen molar-refractivity contribution in [3.8, 4) is 11.5 Å². The third kappa shape index (κ3) is 3.13. The summed E-state index contributed by atoms with van der Waals surface area (Å²) in [6.45, 7) is 3.30. The van der Waals surface area contributed by atoms with Crippen LogP contribution in [0.25, 0.3) is 0 Å². The van der Waals surface area contributed by atoms with Crippen molar-refractivity contribution in [2.45, 2.75) is 31.8 Å². The topological polar surface area (TPSA) is 93.0 Å². The first-order valence-corrected chi connectivity index (χ1v) is 5.99. The first-order chi connectivity index (χ1) is 8.48. The minimum atomic E-state index is -0.774. The lowest BCUT2D eigenvalue weighted by molar-refractivity contribution is 0.0790. The van der Waals surface area contributed by atoms with Crippen molar-refractivity contribution in [3.63, 3.8) is 0 Å². The van der Waals surface area contributed by atoms with E-state index in [0.29, 0.717) is 12.0 Å². The molecule has 1 aromatic carbocycles. The quantitative estimate of drug-likeness (QED) is 0.520. The van der Waals surface area contributed by atoms with Gasteiger partial charge in [0.1, 0.15) is 11.5 Å². The van der Waals surface area contributed by atoms with Crippen molar-refractivity contribution in [1.29, 1.82) is 0 Å². The summed E-state index contributed by atoms with van der Waals surface area (Å²) in [4.78, 5) is 0. The fourth-order valence-electron chi connectivity index (χ4n) is 1.90. The summed E-state index contributed by atoms with van der Waals surface area (Å²) in [6, 6.07) is 4.10. The van der Waals surface area contributed by atoms with E-state index in [-0.39, 0.29) is 30.8 Å². The number of aliphatic hydroxyl groups excluding tert-OH is 2. The molecule has 0 aliphatic heterocycles. The molecule has 0 saturated carbocycles. The predicted molar refractivity (Wildman–Crippen MR) is 68.5 cm³/mol. The van der Waals surface area contributed by atoms with Crippen LogP contribution in [0.3, 0.4) is 0 Å². The summed E-state index contributed by atoms with van der Waals surface area (Å²) >= 11 is 0. The molecule has 5 nitrogen and oxygen atoms in total. The van der Waals surface area contributed by atoms with E-state index in [1.54, 1.807) is 6.07 Å². The van der Waals surface area contributed by atoms with Gasteiger partial charge in [-0.15, -0.1) is 0 Å². The zero-order valence-electron chi connectivity index (χ0n) is 10.7. The van der Waals surface area contributed by atoms with Crippen molar-refractivity contribution in [2.24, 2.45) is 0 Å². The summed E-state index contributed by atoms with van der Waals surface area (Å²) in [5.41, 5.74) is -0.170. The minimum Gasteiger partial charge on any atom is -0.508 e. The van der Waals surface area contributed by atoms with Gasteiger partial charge in [-0.05, 0) is 19.4 Å². The van der Waals surface area contributed by atoms with Gasteiger partial charge in [0.05, 0.1) is 18.8 Å². The Hall–Kier alpha value is -1.30. The zero-order valence-corrected chi connectivity index (χ0v) is 10.7. The van der Waals surface area contributed by atoms with Crippen molar-refractivity contribution >= 4 is 0 Å². The van der Waals surface area contributed by atoms with Crippen LogP contribution in [0.2, 0.25) is 0 Å². The first-order valence-electron chi connectivity index (χ1n) is 5.99. The van der Waals surface area contributed by atoms with Gasteiger partial charge in [0.25, 0.3) is 0 Å². The average Bonchev–Trinajstić information content (AvgIpc) is 2.36. The summed E-state index contributed by atoms with van der Waals surface area (Å²) in [6.07, 6.45) is 0.559. The van der Waals surface area contributed by atoms with E-state index in [0.717, 1.165) is 0 Å². The highest BCUT2D eigenvalue weighted by molar-refractivity contribution is 5.40. The van der Waals surface area contributed by atoms with Gasteiger partial charge in [0.2, 0.25) is 0 Å². The molecular weight excluding hydrogens is 234 g/mol. The number of hydrogen-bond acceptors (Lipinski definition) is 5. The molecule has 0 aromatic heterocycles. The van der Waals surface area contributed by atoms with Gasteiger partial charge in [0, 0.05) is 17.7 Å². The molecule has 0 saturated heterocycles. The highest BCUT2D eigenvalue weighted by Crippen LogP contribution is 2.29. The number of phenols is 2. The number of phenolic OH excluding ortho intramolecular Hbond substituents is 2. The molecule has 0 aliphatic rings. The summed E-state index contributed by atoms with van der Waals surface area (Å²) in [5, 5.41) is 40.8. The van der Waals surface area contributed by atoms with Crippen LogP contribution in [0, 0.1) is 0 Å². The lowest BCUT2D eigenvalue weighted by Crippen LogP contribution is -2.52. The Labute approximate surface area is 107 Å². The molecule has 18 heavy (non-hydrogen) atoms. The largest absolute Gasteiger partial charge is 0.508 e. The van der Waals surface area contributed by atoms with Gasteiger partial charge >= 0.3 is 0 Å². The second-order valence-corrected chi connectivity index (χ2v) is 4.56. The molecule has 1 rings (SSSR count). The van der Waals surface area contributed by atoms with Crippen LogP contribution in [-0.4, -0.2) is 39.2 Å². The maximum atomic E-state index is 9.75. The molecule has 0 aliphatic carbocycles. The Morgan fingerprint density at radius 2 is 1.83 bits per heavy atom. The van der Waals surface area contributed by atoms with Gasteiger partial charge in [-0.1, -0.05) is 13.0 Å². The SMILES string of the molecule is CCC(CO)(CO)NC(C)c1ccc(O)cc1O. The number of aliphatic hydroxyl groups is 2. The molecule has 102 valence electrons. The summed E-state index contributed by atoms with van der Waals surface area (Å²) < 4.78 is 0. The Balaban J connectivity index is 2.90. The van der Waals surface area contributed by atoms with E-state index in [1.807, 2.05) is 13.8 Å². The van der Waals surface area contributed by atoms with Crippen LogP contribution in [0.4, 0.5) is 0 Å². The van der Waals surface area contributed by atoms with E-state index in [1.165, 1.54) is 12.1 Å². The van der Waals surface area contributed by atoms with Gasteiger partial charge in [0.15, 0.2) is 0 Å². The van der Waals surface area contributed by atoms with Crippen molar-refractivity contribution in [1.82, 2.24) is 5.32 Å². The van der Waals surface area contributed by atoms with Crippen molar-refractivity contribution in [3.05, 3.63) is 23.8 Å². The molecule has 0 radical (unpaired) electrons. The Morgan fingerprint density at radius 3 is 2.28 bits per heavy atom. The van der Waals surface area contributed by atoms with E-state index in [4.69, 9.17) is 0 Å². The molecule has 0 spiro atoms. The molecule has 0 bridgehead atoms. The van der Waals surface area contributed by atoms with Crippen LogP contribution < -0.4 is 5.32 Å². The highest BCUT2D eigenvalue weighted by Gasteiger charge is 2.29. The fourth-order valence-corrected chi connectivity index (χ4v) is 1.90. The molecular formula is C13H21NO4.